The lowest BCUT2D eigenvalue weighted by atomic mass is 10.2. The highest BCUT2D eigenvalue weighted by Crippen LogP contribution is 2.28. The molecule has 2 aromatic heterocycles. The second kappa shape index (κ2) is 7.95. The zero-order chi connectivity index (χ0) is 19.5. The number of thiazole rings is 1. The second-order valence-corrected chi connectivity index (χ2v) is 7.78. The molecular formula is C20H20N4O3S. The predicted octanol–water partition coefficient (Wildman–Crippen LogP) is 3.29. The summed E-state index contributed by atoms with van der Waals surface area (Å²) >= 11 is 1.44. The van der Waals surface area contributed by atoms with E-state index in [2.05, 4.69) is 20.5 Å². The fourth-order valence-electron chi connectivity index (χ4n) is 3.13. The minimum absolute atomic E-state index is 0.0371. The van der Waals surface area contributed by atoms with Crippen LogP contribution in [0.4, 0.5) is 10.8 Å². The fraction of sp³-hybridized carbons (Fsp3) is 0.250. The van der Waals surface area contributed by atoms with Crippen molar-refractivity contribution in [2.45, 2.75) is 19.9 Å². The van der Waals surface area contributed by atoms with Crippen LogP contribution in [0.15, 0.2) is 47.1 Å². The Labute approximate surface area is 166 Å². The van der Waals surface area contributed by atoms with Crippen molar-refractivity contribution in [2.24, 2.45) is 0 Å². The Balaban J connectivity index is 1.35. The van der Waals surface area contributed by atoms with Gasteiger partial charge in [0.05, 0.1) is 18.5 Å². The van der Waals surface area contributed by atoms with E-state index in [4.69, 9.17) is 4.42 Å². The summed E-state index contributed by atoms with van der Waals surface area (Å²) in [6, 6.07) is 11.0. The standard InChI is InChI=1S/C20H20N4O3S/c1-13-4-2-5-14(10-13)21-18(25)12-24-8-7-15-17(11-24)28-20(22-15)23-19(26)16-6-3-9-27-16/h2-6,9-10H,7-8,11-12H2,1H3,(H,21,25)(H,22,23,26). The van der Waals surface area contributed by atoms with Crippen LogP contribution in [-0.4, -0.2) is 34.8 Å². The van der Waals surface area contributed by atoms with E-state index in [9.17, 15) is 9.59 Å². The maximum absolute atomic E-state index is 12.4. The minimum Gasteiger partial charge on any atom is -0.459 e. The molecule has 0 bridgehead atoms. The number of rotatable bonds is 5. The van der Waals surface area contributed by atoms with Gasteiger partial charge in [-0.15, -0.1) is 11.3 Å². The molecule has 0 unspecified atom stereocenters. The van der Waals surface area contributed by atoms with Crippen molar-refractivity contribution in [3.63, 3.8) is 0 Å². The number of benzene rings is 1. The van der Waals surface area contributed by atoms with Gasteiger partial charge in [0.15, 0.2) is 10.9 Å². The van der Waals surface area contributed by atoms with E-state index in [-0.39, 0.29) is 17.6 Å². The average Bonchev–Trinajstić information content (AvgIpc) is 3.30. The molecule has 0 fully saturated rings. The highest BCUT2D eigenvalue weighted by atomic mass is 32.1. The summed E-state index contributed by atoms with van der Waals surface area (Å²) in [6.07, 6.45) is 2.21. The molecule has 1 aromatic carbocycles. The first-order valence-corrected chi connectivity index (χ1v) is 9.81. The fourth-order valence-corrected chi connectivity index (χ4v) is 4.18. The van der Waals surface area contributed by atoms with E-state index in [1.54, 1.807) is 12.1 Å². The zero-order valence-electron chi connectivity index (χ0n) is 15.4. The SMILES string of the molecule is Cc1cccc(NC(=O)CN2CCc3nc(NC(=O)c4ccco4)sc3C2)c1. The number of furan rings is 1. The maximum atomic E-state index is 12.4. The molecule has 8 heteroatoms. The lowest BCUT2D eigenvalue weighted by molar-refractivity contribution is -0.117. The highest BCUT2D eigenvalue weighted by molar-refractivity contribution is 7.15. The summed E-state index contributed by atoms with van der Waals surface area (Å²) in [5.41, 5.74) is 2.90. The molecule has 1 aliphatic rings. The van der Waals surface area contributed by atoms with Gasteiger partial charge in [0.2, 0.25) is 5.91 Å². The highest BCUT2D eigenvalue weighted by Gasteiger charge is 2.23. The van der Waals surface area contributed by atoms with E-state index >= 15 is 0 Å². The van der Waals surface area contributed by atoms with E-state index in [0.717, 1.165) is 34.8 Å². The summed E-state index contributed by atoms with van der Waals surface area (Å²) in [5.74, 6) is -0.0991. The molecule has 0 radical (unpaired) electrons. The molecule has 3 aromatic rings. The van der Waals surface area contributed by atoms with E-state index in [1.165, 1.54) is 17.6 Å². The molecule has 4 rings (SSSR count). The van der Waals surface area contributed by atoms with E-state index < -0.39 is 0 Å². The molecule has 0 saturated carbocycles. The van der Waals surface area contributed by atoms with Crippen LogP contribution in [0.1, 0.15) is 26.7 Å². The van der Waals surface area contributed by atoms with Crippen molar-refractivity contribution in [1.29, 1.82) is 0 Å². The Kier molecular flexibility index (Phi) is 5.23. The normalized spacial score (nSPS) is 13.8. The number of fused-ring (bicyclic) bond motifs is 1. The Morgan fingerprint density at radius 1 is 1.25 bits per heavy atom. The van der Waals surface area contributed by atoms with E-state index in [0.29, 0.717) is 18.2 Å². The smallest absolute Gasteiger partial charge is 0.293 e. The third kappa shape index (κ3) is 4.29. The average molecular weight is 396 g/mol. The van der Waals surface area contributed by atoms with Crippen LogP contribution in [0, 0.1) is 6.92 Å². The van der Waals surface area contributed by atoms with Gasteiger partial charge >= 0.3 is 0 Å². The monoisotopic (exact) mass is 396 g/mol. The van der Waals surface area contributed by atoms with Gasteiger partial charge in [-0.3, -0.25) is 19.8 Å². The number of nitrogens with zero attached hydrogens (tertiary/aromatic N) is 2. The van der Waals surface area contributed by atoms with Gasteiger partial charge in [-0.1, -0.05) is 12.1 Å². The number of hydrogen-bond acceptors (Lipinski definition) is 6. The molecule has 0 atom stereocenters. The second-order valence-electron chi connectivity index (χ2n) is 6.70. The van der Waals surface area contributed by atoms with Gasteiger partial charge in [0.25, 0.3) is 5.91 Å². The number of aromatic nitrogens is 1. The third-order valence-electron chi connectivity index (χ3n) is 4.44. The molecule has 1 aliphatic heterocycles. The summed E-state index contributed by atoms with van der Waals surface area (Å²) in [5, 5.41) is 6.27. The van der Waals surface area contributed by atoms with Crippen LogP contribution in [-0.2, 0) is 17.8 Å². The molecule has 0 spiro atoms. The summed E-state index contributed by atoms with van der Waals surface area (Å²) in [7, 11) is 0. The van der Waals surface area contributed by atoms with Crippen molar-refractivity contribution >= 4 is 34.0 Å². The van der Waals surface area contributed by atoms with Crippen molar-refractivity contribution < 1.29 is 14.0 Å². The predicted molar refractivity (Wildman–Crippen MR) is 108 cm³/mol. The number of anilines is 2. The van der Waals surface area contributed by atoms with Crippen LogP contribution in [0.25, 0.3) is 0 Å². The van der Waals surface area contributed by atoms with Crippen molar-refractivity contribution in [1.82, 2.24) is 9.88 Å². The van der Waals surface area contributed by atoms with Crippen LogP contribution in [0.3, 0.4) is 0 Å². The molecule has 0 aliphatic carbocycles. The molecule has 7 nitrogen and oxygen atoms in total. The molecule has 2 amide bonds. The third-order valence-corrected chi connectivity index (χ3v) is 5.44. The number of nitrogens with one attached hydrogen (secondary N) is 2. The maximum Gasteiger partial charge on any atom is 0.293 e. The number of carbonyl (C=O) groups is 2. The Bertz CT molecular complexity index is 997. The lowest BCUT2D eigenvalue weighted by Crippen LogP contribution is -2.36. The lowest BCUT2D eigenvalue weighted by Gasteiger charge is -2.25. The van der Waals surface area contributed by atoms with Crippen LogP contribution in [0.5, 0.6) is 0 Å². The summed E-state index contributed by atoms with van der Waals surface area (Å²) in [6.45, 7) is 3.71. The first-order valence-electron chi connectivity index (χ1n) is 8.99. The van der Waals surface area contributed by atoms with Crippen molar-refractivity contribution in [3.05, 3.63) is 64.6 Å². The largest absolute Gasteiger partial charge is 0.459 e. The van der Waals surface area contributed by atoms with E-state index in [1.807, 2.05) is 31.2 Å². The molecule has 3 heterocycles. The molecule has 2 N–H and O–H groups in total. The zero-order valence-corrected chi connectivity index (χ0v) is 16.2. The molecular weight excluding hydrogens is 376 g/mol. The molecule has 0 saturated heterocycles. The topological polar surface area (TPSA) is 87.5 Å². The van der Waals surface area contributed by atoms with Gasteiger partial charge in [0, 0.05) is 30.1 Å². The Morgan fingerprint density at radius 2 is 2.14 bits per heavy atom. The Hall–Kier alpha value is -2.97. The van der Waals surface area contributed by atoms with Gasteiger partial charge in [-0.25, -0.2) is 4.98 Å². The van der Waals surface area contributed by atoms with Gasteiger partial charge in [-0.2, -0.15) is 0 Å². The number of hydrogen-bond donors (Lipinski definition) is 2. The van der Waals surface area contributed by atoms with Crippen LogP contribution >= 0.6 is 11.3 Å². The Morgan fingerprint density at radius 3 is 2.93 bits per heavy atom. The van der Waals surface area contributed by atoms with Gasteiger partial charge < -0.3 is 9.73 Å². The first-order chi connectivity index (χ1) is 13.6. The van der Waals surface area contributed by atoms with Crippen molar-refractivity contribution in [2.75, 3.05) is 23.7 Å². The number of amides is 2. The molecule has 28 heavy (non-hydrogen) atoms. The van der Waals surface area contributed by atoms with Crippen LogP contribution in [0.2, 0.25) is 0 Å². The number of aryl methyl sites for hydroxylation is 1. The summed E-state index contributed by atoms with van der Waals surface area (Å²) in [4.78, 5) is 32.1. The first kappa shape index (κ1) is 18.4. The molecule has 144 valence electrons. The number of carbonyl (C=O) groups excluding carboxylic acids is 2. The quantitative estimate of drug-likeness (QED) is 0.691. The minimum atomic E-state index is -0.314. The van der Waals surface area contributed by atoms with Gasteiger partial charge in [0.1, 0.15) is 0 Å². The van der Waals surface area contributed by atoms with Crippen molar-refractivity contribution in [3.8, 4) is 0 Å². The summed E-state index contributed by atoms with van der Waals surface area (Å²) < 4.78 is 5.10. The van der Waals surface area contributed by atoms with Gasteiger partial charge in [-0.05, 0) is 36.8 Å². The van der Waals surface area contributed by atoms with Crippen LogP contribution < -0.4 is 10.6 Å².